The normalized spacial score (nSPS) is 20.7. The number of nitrogens with two attached hydrogens (primary N) is 1. The summed E-state index contributed by atoms with van der Waals surface area (Å²) in [5.74, 6) is 0.487. The summed E-state index contributed by atoms with van der Waals surface area (Å²) in [5, 5.41) is 9.66. The molecule has 1 saturated heterocycles. The Bertz CT molecular complexity index is 539. The van der Waals surface area contributed by atoms with Crippen molar-refractivity contribution in [1.29, 1.82) is 0 Å². The summed E-state index contributed by atoms with van der Waals surface area (Å²) in [5.41, 5.74) is 5.68. The Hall–Kier alpha value is -0.860. The first-order valence-corrected chi connectivity index (χ1v) is 8.91. The van der Waals surface area contributed by atoms with Crippen LogP contribution < -0.4 is 10.6 Å². The number of hydrogen-bond donors (Lipinski definition) is 2. The number of nitrogens with zero attached hydrogens (tertiary/aromatic N) is 2. The molecule has 108 valence electrons. The maximum absolute atomic E-state index is 11.8. The Balaban J connectivity index is 2.27. The molecule has 1 aliphatic rings. The van der Waals surface area contributed by atoms with Gasteiger partial charge in [-0.2, -0.15) is 4.37 Å². The van der Waals surface area contributed by atoms with Gasteiger partial charge in [0.15, 0.2) is 15.7 Å². The van der Waals surface area contributed by atoms with Crippen LogP contribution >= 0.6 is 11.5 Å². The molecule has 1 aliphatic heterocycles. The molecule has 1 aromatic heterocycles. The van der Waals surface area contributed by atoms with Crippen molar-refractivity contribution in [2.75, 3.05) is 36.6 Å². The van der Waals surface area contributed by atoms with Gasteiger partial charge in [-0.15, -0.1) is 0 Å². The van der Waals surface area contributed by atoms with Gasteiger partial charge in [0.2, 0.25) is 0 Å². The van der Waals surface area contributed by atoms with Crippen LogP contribution in [-0.2, 0) is 9.84 Å². The van der Waals surface area contributed by atoms with Gasteiger partial charge < -0.3 is 15.7 Å². The molecular formula is C11H19N3O3S2. The first-order valence-electron chi connectivity index (χ1n) is 6.24. The molecule has 1 fully saturated rings. The van der Waals surface area contributed by atoms with Crippen LogP contribution in [0.5, 0.6) is 0 Å². The third-order valence-corrected chi connectivity index (χ3v) is 5.57. The van der Waals surface area contributed by atoms with Crippen LogP contribution in [0.15, 0.2) is 4.90 Å². The fourth-order valence-electron chi connectivity index (χ4n) is 2.50. The van der Waals surface area contributed by atoms with Crippen LogP contribution in [0.25, 0.3) is 0 Å². The zero-order chi connectivity index (χ0) is 14.0. The van der Waals surface area contributed by atoms with Gasteiger partial charge in [0.25, 0.3) is 0 Å². The Morgan fingerprint density at radius 1 is 1.58 bits per heavy atom. The third kappa shape index (κ3) is 3.18. The molecule has 2 heterocycles. The van der Waals surface area contributed by atoms with Gasteiger partial charge in [0.05, 0.1) is 0 Å². The zero-order valence-electron chi connectivity index (χ0n) is 10.9. The molecule has 0 aromatic carbocycles. The summed E-state index contributed by atoms with van der Waals surface area (Å²) in [6.45, 7) is 1.74. The number of aromatic nitrogens is 1. The number of aliphatic hydroxyl groups excluding tert-OH is 1. The van der Waals surface area contributed by atoms with Crippen molar-refractivity contribution in [2.45, 2.75) is 24.2 Å². The molecule has 2 rings (SSSR count). The van der Waals surface area contributed by atoms with E-state index in [1.165, 1.54) is 0 Å². The molecule has 0 saturated carbocycles. The standard InChI is InChI=1S/C11H19N3O3S2/c1-19(16,17)9-10(12)13-18-11(9)14-5-2-3-8(7-14)4-6-15/h8,15H,2-7H2,1H3,(H2,12,13). The van der Waals surface area contributed by atoms with E-state index in [2.05, 4.69) is 4.37 Å². The molecule has 0 radical (unpaired) electrons. The van der Waals surface area contributed by atoms with Crippen LogP contribution in [-0.4, -0.2) is 43.9 Å². The minimum atomic E-state index is -3.37. The molecule has 1 aromatic rings. The average molecular weight is 305 g/mol. The van der Waals surface area contributed by atoms with Crippen LogP contribution in [0.4, 0.5) is 10.8 Å². The van der Waals surface area contributed by atoms with E-state index < -0.39 is 9.84 Å². The summed E-state index contributed by atoms with van der Waals surface area (Å²) in [4.78, 5) is 2.19. The van der Waals surface area contributed by atoms with E-state index in [9.17, 15) is 8.42 Å². The molecular weight excluding hydrogens is 286 g/mol. The van der Waals surface area contributed by atoms with E-state index in [0.717, 1.165) is 50.1 Å². The molecule has 19 heavy (non-hydrogen) atoms. The third-order valence-electron chi connectivity index (χ3n) is 3.37. The fourth-order valence-corrected chi connectivity index (χ4v) is 4.74. The lowest BCUT2D eigenvalue weighted by Crippen LogP contribution is -2.36. The van der Waals surface area contributed by atoms with Gasteiger partial charge in [-0.3, -0.25) is 0 Å². The highest BCUT2D eigenvalue weighted by atomic mass is 32.2. The second-order valence-corrected chi connectivity index (χ2v) is 7.65. The van der Waals surface area contributed by atoms with E-state index in [1.807, 2.05) is 4.90 Å². The maximum atomic E-state index is 11.8. The number of piperidine rings is 1. The van der Waals surface area contributed by atoms with Gasteiger partial charge in [0.1, 0.15) is 9.90 Å². The Kier molecular flexibility index (Phi) is 4.32. The van der Waals surface area contributed by atoms with Crippen molar-refractivity contribution in [3.8, 4) is 0 Å². The Labute approximate surface area is 117 Å². The topological polar surface area (TPSA) is 96.5 Å². The molecule has 1 atom stereocenters. The largest absolute Gasteiger partial charge is 0.396 e. The molecule has 0 spiro atoms. The van der Waals surface area contributed by atoms with Gasteiger partial charge >= 0.3 is 0 Å². The van der Waals surface area contributed by atoms with Crippen molar-refractivity contribution >= 4 is 32.2 Å². The predicted molar refractivity (Wildman–Crippen MR) is 76.3 cm³/mol. The molecule has 0 bridgehead atoms. The Morgan fingerprint density at radius 2 is 2.32 bits per heavy atom. The van der Waals surface area contributed by atoms with Crippen molar-refractivity contribution in [3.63, 3.8) is 0 Å². The SMILES string of the molecule is CS(=O)(=O)c1c(N)nsc1N1CCCC(CCO)C1. The number of sulfone groups is 1. The van der Waals surface area contributed by atoms with Gasteiger partial charge in [-0.1, -0.05) is 0 Å². The van der Waals surface area contributed by atoms with Crippen molar-refractivity contribution in [1.82, 2.24) is 4.37 Å². The average Bonchev–Trinajstić information content (AvgIpc) is 2.72. The zero-order valence-corrected chi connectivity index (χ0v) is 12.5. The smallest absolute Gasteiger partial charge is 0.182 e. The number of hydrogen-bond acceptors (Lipinski definition) is 7. The number of anilines is 2. The lowest BCUT2D eigenvalue weighted by atomic mass is 9.95. The van der Waals surface area contributed by atoms with Crippen molar-refractivity contribution in [2.24, 2.45) is 5.92 Å². The highest BCUT2D eigenvalue weighted by Gasteiger charge is 2.28. The summed E-state index contributed by atoms with van der Waals surface area (Å²) >= 11 is 1.14. The van der Waals surface area contributed by atoms with E-state index in [4.69, 9.17) is 10.8 Å². The highest BCUT2D eigenvalue weighted by Crippen LogP contribution is 2.37. The lowest BCUT2D eigenvalue weighted by Gasteiger charge is -2.33. The second-order valence-electron chi connectivity index (χ2n) is 4.94. The second kappa shape index (κ2) is 5.64. The summed E-state index contributed by atoms with van der Waals surface area (Å²) in [6.07, 6.45) is 3.97. The summed E-state index contributed by atoms with van der Waals surface area (Å²) in [7, 11) is -3.37. The van der Waals surface area contributed by atoms with E-state index >= 15 is 0 Å². The van der Waals surface area contributed by atoms with E-state index in [0.29, 0.717) is 10.9 Å². The number of aliphatic hydroxyl groups is 1. The monoisotopic (exact) mass is 305 g/mol. The minimum Gasteiger partial charge on any atom is -0.396 e. The molecule has 6 nitrogen and oxygen atoms in total. The van der Waals surface area contributed by atoms with E-state index in [1.54, 1.807) is 0 Å². The summed E-state index contributed by atoms with van der Waals surface area (Å²) in [6, 6.07) is 0. The van der Waals surface area contributed by atoms with E-state index in [-0.39, 0.29) is 17.3 Å². The first kappa shape index (κ1) is 14.5. The van der Waals surface area contributed by atoms with Crippen molar-refractivity contribution in [3.05, 3.63) is 0 Å². The van der Waals surface area contributed by atoms with Crippen LogP contribution in [0.1, 0.15) is 19.3 Å². The van der Waals surface area contributed by atoms with Crippen LogP contribution in [0.2, 0.25) is 0 Å². The predicted octanol–water partition coefficient (Wildman–Crippen LogP) is 0.728. The Morgan fingerprint density at radius 3 is 2.95 bits per heavy atom. The number of nitrogen functional groups attached to an aromatic ring is 1. The fraction of sp³-hybridized carbons (Fsp3) is 0.727. The van der Waals surface area contributed by atoms with Gasteiger partial charge in [0, 0.05) is 26.0 Å². The lowest BCUT2D eigenvalue weighted by molar-refractivity contribution is 0.244. The number of rotatable bonds is 4. The maximum Gasteiger partial charge on any atom is 0.182 e. The molecule has 1 unspecified atom stereocenters. The molecule has 8 heteroatoms. The molecule has 0 aliphatic carbocycles. The van der Waals surface area contributed by atoms with Gasteiger partial charge in [-0.25, -0.2) is 8.42 Å². The molecule has 0 amide bonds. The highest BCUT2D eigenvalue weighted by molar-refractivity contribution is 7.91. The van der Waals surface area contributed by atoms with Crippen molar-refractivity contribution < 1.29 is 13.5 Å². The summed E-state index contributed by atoms with van der Waals surface area (Å²) < 4.78 is 27.6. The molecule has 3 N–H and O–H groups in total. The minimum absolute atomic E-state index is 0.0896. The van der Waals surface area contributed by atoms with Gasteiger partial charge in [-0.05, 0) is 36.7 Å². The van der Waals surface area contributed by atoms with Crippen LogP contribution in [0.3, 0.4) is 0 Å². The quantitative estimate of drug-likeness (QED) is 0.851. The van der Waals surface area contributed by atoms with Crippen LogP contribution in [0, 0.1) is 5.92 Å². The first-order chi connectivity index (χ1) is 8.93.